The average Bonchev–Trinajstić information content (AvgIpc) is 2.38. The van der Waals surface area contributed by atoms with E-state index in [1.165, 1.54) is 0 Å². The van der Waals surface area contributed by atoms with E-state index in [9.17, 15) is 9.59 Å². The maximum Gasteiger partial charge on any atom is 0.317 e. The van der Waals surface area contributed by atoms with Crippen LogP contribution in [0.2, 0.25) is 0 Å². The molecule has 3 amide bonds. The van der Waals surface area contributed by atoms with Gasteiger partial charge in [0.25, 0.3) is 0 Å². The number of hydrogen-bond acceptors (Lipinski definition) is 2. The third-order valence-corrected chi connectivity index (χ3v) is 2.37. The van der Waals surface area contributed by atoms with Gasteiger partial charge in [0.1, 0.15) is 0 Å². The number of carbonyl (C=O) groups excluding carboxylic acids is 2. The number of urea groups is 1. The van der Waals surface area contributed by atoms with Gasteiger partial charge < -0.3 is 15.5 Å². The van der Waals surface area contributed by atoms with Gasteiger partial charge in [0.05, 0.1) is 0 Å². The number of nitrogens with one attached hydrogen (secondary N) is 2. The molecule has 0 saturated carbocycles. The van der Waals surface area contributed by atoms with Crippen LogP contribution in [0.1, 0.15) is 27.2 Å². The molecule has 0 aromatic carbocycles. The first kappa shape index (κ1) is 12.8. The molecule has 16 heavy (non-hydrogen) atoms. The average molecular weight is 227 g/mol. The predicted octanol–water partition coefficient (Wildman–Crippen LogP) is 0.564. The summed E-state index contributed by atoms with van der Waals surface area (Å²) >= 11 is 0. The van der Waals surface area contributed by atoms with E-state index in [0.717, 1.165) is 0 Å². The molecule has 0 spiro atoms. The zero-order valence-electron chi connectivity index (χ0n) is 10.3. The van der Waals surface area contributed by atoms with Crippen molar-refractivity contribution in [2.24, 2.45) is 5.41 Å². The minimum Gasteiger partial charge on any atom is -0.354 e. The minimum absolute atomic E-state index is 0.0196. The van der Waals surface area contributed by atoms with Crippen LogP contribution in [0.5, 0.6) is 0 Å². The fraction of sp³-hybridized carbons (Fsp3) is 0.818. The van der Waals surface area contributed by atoms with Crippen molar-refractivity contribution in [3.8, 4) is 0 Å². The molecule has 5 heteroatoms. The first-order chi connectivity index (χ1) is 7.38. The molecule has 5 nitrogen and oxygen atoms in total. The summed E-state index contributed by atoms with van der Waals surface area (Å²) in [5, 5.41) is 5.62. The van der Waals surface area contributed by atoms with Crippen molar-refractivity contribution in [1.82, 2.24) is 15.5 Å². The molecule has 92 valence electrons. The fourth-order valence-corrected chi connectivity index (χ4v) is 1.42. The van der Waals surface area contributed by atoms with Crippen LogP contribution in [0.15, 0.2) is 0 Å². The molecule has 0 aliphatic carbocycles. The molecule has 0 aromatic rings. The van der Waals surface area contributed by atoms with Crippen molar-refractivity contribution in [3.63, 3.8) is 0 Å². The maximum atomic E-state index is 11.8. The summed E-state index contributed by atoms with van der Waals surface area (Å²) in [5.41, 5.74) is 0.0789. The van der Waals surface area contributed by atoms with E-state index in [1.807, 2.05) is 0 Å². The molecule has 0 radical (unpaired) electrons. The van der Waals surface area contributed by atoms with E-state index in [4.69, 9.17) is 0 Å². The summed E-state index contributed by atoms with van der Waals surface area (Å²) in [4.78, 5) is 24.6. The molecule has 0 bridgehead atoms. The van der Waals surface area contributed by atoms with Crippen molar-refractivity contribution in [2.75, 3.05) is 26.2 Å². The van der Waals surface area contributed by atoms with Gasteiger partial charge in [-0.25, -0.2) is 4.79 Å². The van der Waals surface area contributed by atoms with E-state index in [1.54, 1.807) is 4.90 Å². The number of carbonyl (C=O) groups is 2. The second-order valence-electron chi connectivity index (χ2n) is 5.31. The smallest absolute Gasteiger partial charge is 0.317 e. The van der Waals surface area contributed by atoms with Crippen LogP contribution >= 0.6 is 0 Å². The number of rotatable bonds is 1. The summed E-state index contributed by atoms with van der Waals surface area (Å²) in [5.74, 6) is 0.0196. The molecule has 1 aliphatic heterocycles. The lowest BCUT2D eigenvalue weighted by Gasteiger charge is -2.24. The summed E-state index contributed by atoms with van der Waals surface area (Å²) in [7, 11) is 0. The first-order valence-corrected chi connectivity index (χ1v) is 5.68. The standard InChI is InChI=1S/C11H21N3O2/c1-11(2,3)8-13-10(16)14-6-4-9(15)12-5-7-14/h4-8H2,1-3H3,(H,12,15)(H,13,16). The minimum atomic E-state index is -0.0774. The lowest BCUT2D eigenvalue weighted by atomic mass is 9.97. The lowest BCUT2D eigenvalue weighted by Crippen LogP contribution is -2.44. The zero-order valence-corrected chi connectivity index (χ0v) is 10.3. The Bertz CT molecular complexity index is 271. The van der Waals surface area contributed by atoms with Gasteiger partial charge in [-0.3, -0.25) is 4.79 Å². The molecule has 1 rings (SSSR count). The molecule has 2 N–H and O–H groups in total. The first-order valence-electron chi connectivity index (χ1n) is 5.68. The van der Waals surface area contributed by atoms with Gasteiger partial charge >= 0.3 is 6.03 Å². The summed E-state index contributed by atoms with van der Waals surface area (Å²) in [6, 6.07) is -0.0774. The van der Waals surface area contributed by atoms with Crippen molar-refractivity contribution in [2.45, 2.75) is 27.2 Å². The van der Waals surface area contributed by atoms with Gasteiger partial charge in [-0.2, -0.15) is 0 Å². The normalized spacial score (nSPS) is 17.7. The molecular formula is C11H21N3O2. The Morgan fingerprint density at radius 3 is 2.75 bits per heavy atom. The third kappa shape index (κ3) is 4.51. The van der Waals surface area contributed by atoms with E-state index >= 15 is 0 Å². The molecular weight excluding hydrogens is 206 g/mol. The van der Waals surface area contributed by atoms with Gasteiger partial charge in [-0.1, -0.05) is 20.8 Å². The van der Waals surface area contributed by atoms with Gasteiger partial charge in [0.15, 0.2) is 0 Å². The topological polar surface area (TPSA) is 61.4 Å². The summed E-state index contributed by atoms with van der Waals surface area (Å²) < 4.78 is 0. The second kappa shape index (κ2) is 5.18. The van der Waals surface area contributed by atoms with Crippen molar-refractivity contribution >= 4 is 11.9 Å². The Hall–Kier alpha value is -1.26. The highest BCUT2D eigenvalue weighted by molar-refractivity contribution is 5.79. The van der Waals surface area contributed by atoms with Crippen LogP contribution in [-0.4, -0.2) is 43.0 Å². The Morgan fingerprint density at radius 1 is 1.44 bits per heavy atom. The lowest BCUT2D eigenvalue weighted by molar-refractivity contribution is -0.120. The SMILES string of the molecule is CC(C)(C)CNC(=O)N1CCNC(=O)CC1. The van der Waals surface area contributed by atoms with E-state index < -0.39 is 0 Å². The summed E-state index contributed by atoms with van der Waals surface area (Å²) in [6.07, 6.45) is 0.392. The van der Waals surface area contributed by atoms with Crippen LogP contribution in [0, 0.1) is 5.41 Å². The molecule has 1 fully saturated rings. The van der Waals surface area contributed by atoms with Crippen LogP contribution in [-0.2, 0) is 4.79 Å². The van der Waals surface area contributed by atoms with Gasteiger partial charge in [0.2, 0.25) is 5.91 Å². The Morgan fingerprint density at radius 2 is 2.12 bits per heavy atom. The fourth-order valence-electron chi connectivity index (χ4n) is 1.42. The van der Waals surface area contributed by atoms with Gasteiger partial charge in [0, 0.05) is 32.6 Å². The largest absolute Gasteiger partial charge is 0.354 e. The Balaban J connectivity index is 2.38. The highest BCUT2D eigenvalue weighted by atomic mass is 16.2. The number of nitrogens with zero attached hydrogens (tertiary/aromatic N) is 1. The molecule has 0 aromatic heterocycles. The van der Waals surface area contributed by atoms with Crippen molar-refractivity contribution < 1.29 is 9.59 Å². The van der Waals surface area contributed by atoms with Crippen LogP contribution in [0.25, 0.3) is 0 Å². The van der Waals surface area contributed by atoms with Crippen LogP contribution in [0.3, 0.4) is 0 Å². The summed E-state index contributed by atoms with van der Waals surface area (Å²) in [6.45, 7) is 8.48. The Labute approximate surface area is 96.6 Å². The highest BCUT2D eigenvalue weighted by Gasteiger charge is 2.19. The maximum absolute atomic E-state index is 11.8. The number of hydrogen-bond donors (Lipinski definition) is 2. The molecule has 1 saturated heterocycles. The third-order valence-electron chi connectivity index (χ3n) is 2.37. The zero-order chi connectivity index (χ0) is 12.2. The monoisotopic (exact) mass is 227 g/mol. The molecule has 0 unspecified atom stereocenters. The van der Waals surface area contributed by atoms with Gasteiger partial charge in [-0.15, -0.1) is 0 Å². The number of amides is 3. The van der Waals surface area contributed by atoms with E-state index in [0.29, 0.717) is 32.6 Å². The van der Waals surface area contributed by atoms with E-state index in [-0.39, 0.29) is 17.4 Å². The van der Waals surface area contributed by atoms with Crippen molar-refractivity contribution in [3.05, 3.63) is 0 Å². The quantitative estimate of drug-likeness (QED) is 0.687. The molecule has 0 atom stereocenters. The van der Waals surface area contributed by atoms with Gasteiger partial charge in [-0.05, 0) is 5.41 Å². The van der Waals surface area contributed by atoms with E-state index in [2.05, 4.69) is 31.4 Å². The van der Waals surface area contributed by atoms with Crippen LogP contribution < -0.4 is 10.6 Å². The predicted molar refractivity (Wildman–Crippen MR) is 62.1 cm³/mol. The molecule has 1 heterocycles. The second-order valence-corrected chi connectivity index (χ2v) is 5.31. The van der Waals surface area contributed by atoms with Crippen molar-refractivity contribution in [1.29, 1.82) is 0 Å². The van der Waals surface area contributed by atoms with Crippen LogP contribution in [0.4, 0.5) is 4.79 Å². The highest BCUT2D eigenvalue weighted by Crippen LogP contribution is 2.10. The molecule has 1 aliphatic rings. The Kier molecular flexibility index (Phi) is 4.15.